The molecule has 0 aromatic carbocycles. The van der Waals surface area contributed by atoms with Crippen molar-refractivity contribution in [1.29, 1.82) is 0 Å². The molecule has 0 fully saturated rings. The van der Waals surface area contributed by atoms with Gasteiger partial charge in [-0.2, -0.15) is 0 Å². The molecule has 0 rings (SSSR count). The molecule has 3 atom stereocenters. The molecule has 0 amide bonds. The van der Waals surface area contributed by atoms with Crippen LogP contribution in [0.3, 0.4) is 0 Å². The third-order valence-electron chi connectivity index (χ3n) is 9.63. The molecule has 0 aromatic rings. The molecule has 10 nitrogen and oxygen atoms in total. The zero-order chi connectivity index (χ0) is 43.7. The van der Waals surface area contributed by atoms with Crippen LogP contribution in [0.5, 0.6) is 0 Å². The quantitative estimate of drug-likeness (QED) is 0.0159. The Bertz CT molecular complexity index is 1210. The first-order valence-corrected chi connectivity index (χ1v) is 24.6. The van der Waals surface area contributed by atoms with Crippen LogP contribution in [0.1, 0.15) is 174 Å². The molecule has 2 unspecified atom stereocenters. The molecule has 0 saturated heterocycles. The Balaban J connectivity index is 4.44. The molecule has 0 aliphatic rings. The van der Waals surface area contributed by atoms with E-state index in [1.807, 2.05) is 70.6 Å². The molecular weight excluding hydrogens is 765 g/mol. The maximum Gasteiger partial charge on any atom is 0.306 e. The van der Waals surface area contributed by atoms with Crippen molar-refractivity contribution < 1.29 is 47.2 Å². The van der Waals surface area contributed by atoms with Gasteiger partial charge in [-0.3, -0.25) is 14.2 Å². The summed E-state index contributed by atoms with van der Waals surface area (Å²) in [5.41, 5.74) is 0. The fourth-order valence-electron chi connectivity index (χ4n) is 6.00. The molecule has 11 heteroatoms. The number of phosphoric ester groups is 1. The maximum absolute atomic E-state index is 12.7. The van der Waals surface area contributed by atoms with E-state index in [0.717, 1.165) is 38.5 Å². The van der Waals surface area contributed by atoms with E-state index in [1.165, 1.54) is 83.5 Å². The summed E-state index contributed by atoms with van der Waals surface area (Å²) in [4.78, 5) is 37.6. The van der Waals surface area contributed by atoms with E-state index in [0.29, 0.717) is 36.7 Å². The standard InChI is InChI=1S/C48H86NO9P/c1-6-8-10-11-12-13-14-15-16-17-18-19-24-27-30-33-36-40-48(52)58-46(44-57-59(53,54)56-42-41-49(3,4)5)43-55-47(51)39-35-32-29-26-23-21-20-22-25-28-31-34-38-45(50)37-9-7-2/h9,20-21,25-26,28-29,31,34,37,45-46,50H,6-8,10-19,22-24,27,30,32-33,35-36,38-44H2,1-5H3/b21-20-,28-25-,29-26-,34-31+,37-9-/t45?,46-/m1/s1. The number of unbranched alkanes of at least 4 members (excludes halogenated alkanes) is 17. The highest BCUT2D eigenvalue weighted by Gasteiger charge is 2.21. The van der Waals surface area contributed by atoms with Gasteiger partial charge in [-0.05, 0) is 44.9 Å². The molecule has 0 aliphatic heterocycles. The predicted octanol–water partition coefficient (Wildman–Crippen LogP) is 11.6. The first-order valence-electron chi connectivity index (χ1n) is 23.1. The number of phosphoric acid groups is 1. The molecule has 0 saturated carbocycles. The first-order chi connectivity index (χ1) is 28.4. The summed E-state index contributed by atoms with van der Waals surface area (Å²) in [5, 5.41) is 9.77. The van der Waals surface area contributed by atoms with Crippen molar-refractivity contribution in [1.82, 2.24) is 0 Å². The van der Waals surface area contributed by atoms with Gasteiger partial charge in [-0.15, -0.1) is 0 Å². The lowest BCUT2D eigenvalue weighted by Crippen LogP contribution is -2.37. The number of aliphatic hydroxyl groups is 1. The summed E-state index contributed by atoms with van der Waals surface area (Å²) in [6.07, 6.45) is 44.5. The van der Waals surface area contributed by atoms with Gasteiger partial charge in [-0.25, -0.2) is 0 Å². The van der Waals surface area contributed by atoms with Gasteiger partial charge in [0.25, 0.3) is 7.82 Å². The lowest BCUT2D eigenvalue weighted by molar-refractivity contribution is -0.870. The highest BCUT2D eigenvalue weighted by molar-refractivity contribution is 7.45. The van der Waals surface area contributed by atoms with Crippen molar-refractivity contribution in [2.75, 3.05) is 47.5 Å². The van der Waals surface area contributed by atoms with E-state index in [4.69, 9.17) is 18.5 Å². The molecule has 0 bridgehead atoms. The summed E-state index contributed by atoms with van der Waals surface area (Å²) in [7, 11) is 1.11. The van der Waals surface area contributed by atoms with E-state index < -0.39 is 38.6 Å². The lowest BCUT2D eigenvalue weighted by atomic mass is 10.0. The third-order valence-corrected chi connectivity index (χ3v) is 10.6. The monoisotopic (exact) mass is 852 g/mol. The van der Waals surface area contributed by atoms with Gasteiger partial charge in [0.05, 0.1) is 33.9 Å². The minimum Gasteiger partial charge on any atom is -0.756 e. The van der Waals surface area contributed by atoms with Gasteiger partial charge in [0.1, 0.15) is 19.8 Å². The van der Waals surface area contributed by atoms with E-state index in [2.05, 4.69) is 25.2 Å². The minimum absolute atomic E-state index is 0.0479. The van der Waals surface area contributed by atoms with Crippen molar-refractivity contribution >= 4 is 19.8 Å². The Morgan fingerprint density at radius 3 is 1.75 bits per heavy atom. The van der Waals surface area contributed by atoms with Crippen molar-refractivity contribution in [2.45, 2.75) is 187 Å². The average Bonchev–Trinajstić information content (AvgIpc) is 3.18. The van der Waals surface area contributed by atoms with Crippen molar-refractivity contribution in [2.24, 2.45) is 0 Å². The lowest BCUT2D eigenvalue weighted by Gasteiger charge is -2.28. The fourth-order valence-corrected chi connectivity index (χ4v) is 6.73. The van der Waals surface area contributed by atoms with Gasteiger partial charge in [0.2, 0.25) is 0 Å². The van der Waals surface area contributed by atoms with Crippen molar-refractivity contribution in [3.63, 3.8) is 0 Å². The summed E-state index contributed by atoms with van der Waals surface area (Å²) in [6, 6.07) is 0. The normalized spacial score (nSPS) is 14.6. The van der Waals surface area contributed by atoms with Crippen LogP contribution in [0.2, 0.25) is 0 Å². The van der Waals surface area contributed by atoms with Crippen LogP contribution in [-0.4, -0.2) is 81.2 Å². The SMILES string of the molecule is CC/C=C\C(O)C/C=C/C=C\C/C=C\C/C=C\CCCC(=O)OC[C@H](COP(=O)([O-])OCC[N+](C)(C)C)OC(=O)CCCCCCCCCCCCCCCCCCC. The second-order valence-electron chi connectivity index (χ2n) is 16.6. The number of likely N-dealkylation sites (N-methyl/N-ethyl adjacent to an activating group) is 1. The Labute approximate surface area is 360 Å². The molecule has 342 valence electrons. The molecule has 0 aromatic heterocycles. The fraction of sp³-hybridized carbons (Fsp3) is 0.750. The number of aliphatic hydroxyl groups excluding tert-OH is 1. The molecule has 59 heavy (non-hydrogen) atoms. The third kappa shape index (κ3) is 43.6. The Hall–Kier alpha value is -2.33. The number of allylic oxidation sites excluding steroid dienone is 8. The smallest absolute Gasteiger partial charge is 0.306 e. The van der Waals surface area contributed by atoms with E-state index in [9.17, 15) is 24.2 Å². The Morgan fingerprint density at radius 2 is 1.17 bits per heavy atom. The van der Waals surface area contributed by atoms with Crippen molar-refractivity contribution in [3.05, 3.63) is 60.8 Å². The van der Waals surface area contributed by atoms with Gasteiger partial charge in [0, 0.05) is 12.8 Å². The largest absolute Gasteiger partial charge is 0.756 e. The van der Waals surface area contributed by atoms with Crippen LogP contribution in [0.15, 0.2) is 60.8 Å². The molecule has 1 N–H and O–H groups in total. The molecule has 0 heterocycles. The number of rotatable bonds is 41. The second-order valence-corrected chi connectivity index (χ2v) is 18.0. The minimum atomic E-state index is -4.65. The van der Waals surface area contributed by atoms with E-state index >= 15 is 0 Å². The van der Waals surface area contributed by atoms with Crippen LogP contribution < -0.4 is 4.89 Å². The van der Waals surface area contributed by atoms with Crippen LogP contribution in [0.25, 0.3) is 0 Å². The van der Waals surface area contributed by atoms with Gasteiger partial charge in [-0.1, -0.05) is 177 Å². The first kappa shape index (κ1) is 56.7. The average molecular weight is 852 g/mol. The number of hydrogen-bond donors (Lipinski definition) is 1. The van der Waals surface area contributed by atoms with Gasteiger partial charge in [0.15, 0.2) is 6.10 Å². The van der Waals surface area contributed by atoms with E-state index in [1.54, 1.807) is 0 Å². The zero-order valence-electron chi connectivity index (χ0n) is 38.0. The van der Waals surface area contributed by atoms with Crippen LogP contribution in [0.4, 0.5) is 0 Å². The zero-order valence-corrected chi connectivity index (χ0v) is 38.9. The molecule has 0 radical (unpaired) electrons. The highest BCUT2D eigenvalue weighted by atomic mass is 31.2. The van der Waals surface area contributed by atoms with Crippen molar-refractivity contribution in [3.8, 4) is 0 Å². The topological polar surface area (TPSA) is 131 Å². The molecule has 0 aliphatic carbocycles. The molecular formula is C48H86NO9P. The second kappa shape index (κ2) is 39.8. The number of esters is 2. The Kier molecular flexibility index (Phi) is 38.2. The predicted molar refractivity (Wildman–Crippen MR) is 242 cm³/mol. The number of carbonyl (C=O) groups excluding carboxylic acids is 2. The summed E-state index contributed by atoms with van der Waals surface area (Å²) >= 11 is 0. The highest BCUT2D eigenvalue weighted by Crippen LogP contribution is 2.38. The van der Waals surface area contributed by atoms with Crippen LogP contribution >= 0.6 is 7.82 Å². The van der Waals surface area contributed by atoms with E-state index in [-0.39, 0.29) is 26.1 Å². The van der Waals surface area contributed by atoms with Crippen LogP contribution in [-0.2, 0) is 32.7 Å². The molecule has 0 spiro atoms. The number of nitrogens with zero attached hydrogens (tertiary/aromatic N) is 1. The van der Waals surface area contributed by atoms with Gasteiger partial charge >= 0.3 is 11.9 Å². The van der Waals surface area contributed by atoms with Crippen LogP contribution in [0, 0.1) is 0 Å². The maximum atomic E-state index is 12.7. The number of quaternary nitrogens is 1. The van der Waals surface area contributed by atoms with Gasteiger partial charge < -0.3 is 33.0 Å². The summed E-state index contributed by atoms with van der Waals surface area (Å²) in [6.45, 7) is 3.92. The number of hydrogen-bond acceptors (Lipinski definition) is 9. The summed E-state index contributed by atoms with van der Waals surface area (Å²) < 4.78 is 33.8. The summed E-state index contributed by atoms with van der Waals surface area (Å²) in [5.74, 6) is -0.925. The number of carbonyl (C=O) groups is 2. The Morgan fingerprint density at radius 1 is 0.644 bits per heavy atom. The number of ether oxygens (including phenoxy) is 2.